The van der Waals surface area contributed by atoms with Gasteiger partial charge < -0.3 is 14.2 Å². The summed E-state index contributed by atoms with van der Waals surface area (Å²) >= 11 is 0. The van der Waals surface area contributed by atoms with Gasteiger partial charge in [0.15, 0.2) is 0 Å². The topological polar surface area (TPSA) is 131 Å². The van der Waals surface area contributed by atoms with Gasteiger partial charge in [-0.3, -0.25) is 25.0 Å². The smallest absolute Gasteiger partial charge is 0.311 e. The second-order valence-electron chi connectivity index (χ2n) is 17.3. The first-order chi connectivity index (χ1) is 26.3. The second-order valence-corrected chi connectivity index (χ2v) is 17.3. The zero-order valence-electron chi connectivity index (χ0n) is 32.5. The van der Waals surface area contributed by atoms with Crippen molar-refractivity contribution in [3.05, 3.63) is 91.5 Å². The van der Waals surface area contributed by atoms with Crippen molar-refractivity contribution in [2.75, 3.05) is 20.3 Å². The molecule has 2 aromatic rings. The molecule has 0 aromatic heterocycles. The van der Waals surface area contributed by atoms with Gasteiger partial charge in [-0.1, -0.05) is 62.5 Å². The molecule has 0 heterocycles. The average Bonchev–Trinajstić information content (AvgIpc) is 3.18. The molecule has 6 aliphatic rings. The number of carbonyl (C=O) groups is 1. The highest BCUT2D eigenvalue weighted by Crippen LogP contribution is 2.75. The molecule has 2 aromatic carbocycles. The van der Waals surface area contributed by atoms with Gasteiger partial charge in [0.2, 0.25) is 0 Å². The molecule has 0 saturated heterocycles. The van der Waals surface area contributed by atoms with Crippen molar-refractivity contribution in [1.29, 1.82) is 0 Å². The van der Waals surface area contributed by atoms with E-state index < -0.39 is 15.3 Å². The van der Waals surface area contributed by atoms with Crippen molar-refractivity contribution < 1.29 is 28.9 Å². The molecule has 0 N–H and O–H groups in total. The van der Waals surface area contributed by atoms with Crippen LogP contribution in [0.25, 0.3) is 0 Å². The minimum Gasteiger partial charge on any atom is -0.469 e. The normalized spacial score (nSPS) is 34.4. The van der Waals surface area contributed by atoms with Gasteiger partial charge in [0, 0.05) is 41.3 Å². The third kappa shape index (κ3) is 6.87. The maximum Gasteiger partial charge on any atom is 0.311 e. The number of hydrogen-bond donors (Lipinski definition) is 0. The lowest BCUT2D eigenvalue weighted by Crippen LogP contribution is -2.68. The summed E-state index contributed by atoms with van der Waals surface area (Å²) in [5.74, 6) is 14.3. The Morgan fingerprint density at radius 2 is 1.38 bits per heavy atom. The van der Waals surface area contributed by atoms with E-state index in [9.17, 15) is 25.0 Å². The molecule has 10 heteroatoms. The van der Waals surface area contributed by atoms with Crippen LogP contribution in [0.2, 0.25) is 0 Å². The van der Waals surface area contributed by atoms with Crippen LogP contribution in [-0.2, 0) is 19.0 Å². The first-order valence-corrected chi connectivity index (χ1v) is 19.8. The third-order valence-electron chi connectivity index (χ3n) is 14.4. The molecule has 10 nitrogen and oxygen atoms in total. The molecule has 1 unspecified atom stereocenters. The van der Waals surface area contributed by atoms with Gasteiger partial charge in [0.05, 0.1) is 34.6 Å². The number of carbonyl (C=O) groups excluding carboxylic acids is 1. The van der Waals surface area contributed by atoms with Crippen molar-refractivity contribution >= 4 is 17.3 Å². The standard InChI is InChI=1S/C45H52N2O8/c1-29(2)35-28-45-24-21-38-43(3,22-8-23-44(38,4)42(48)53-5)39(45)27-34(35)40-36(54-25-6-9-30-11-15-32(16-12-30)46(49)50)19-20-37(41(40)45)55-26-7-10-31-13-17-33(18-14-31)47(51)52/h11-18,28-29,34,36-41H,8,19-27H2,1-5H3/t34-,36-,37-,38+,39+,40-,41+,43-,44?,45-/m0/s1. The van der Waals surface area contributed by atoms with E-state index in [2.05, 4.69) is 57.5 Å². The van der Waals surface area contributed by atoms with Crippen molar-refractivity contribution in [3.8, 4) is 23.7 Å². The lowest BCUT2D eigenvalue weighted by Gasteiger charge is -2.72. The minimum absolute atomic E-state index is 0.00954. The Hall–Kier alpha value is -4.51. The highest BCUT2D eigenvalue weighted by atomic mass is 16.6. The number of nitrogens with zero attached hydrogens (tertiary/aromatic N) is 2. The lowest BCUT2D eigenvalue weighted by atomic mass is 9.33. The predicted octanol–water partition coefficient (Wildman–Crippen LogP) is 8.70. The van der Waals surface area contributed by atoms with Crippen molar-refractivity contribution in [2.24, 2.45) is 51.8 Å². The number of non-ortho nitro benzene ring substituents is 2. The Kier molecular flexibility index (Phi) is 10.7. The number of esters is 1. The number of nitro groups is 2. The number of nitro benzene ring substituents is 2. The van der Waals surface area contributed by atoms with Crippen LogP contribution < -0.4 is 0 Å². The quantitative estimate of drug-likeness (QED) is 0.0862. The molecule has 6 aliphatic carbocycles. The van der Waals surface area contributed by atoms with Crippen LogP contribution in [-0.4, -0.2) is 48.3 Å². The summed E-state index contributed by atoms with van der Waals surface area (Å²) in [4.78, 5) is 34.9. The zero-order valence-corrected chi connectivity index (χ0v) is 32.5. The monoisotopic (exact) mass is 748 g/mol. The molecule has 4 saturated carbocycles. The molecule has 4 fully saturated rings. The van der Waals surface area contributed by atoms with E-state index in [-0.39, 0.29) is 71.3 Å². The Balaban J connectivity index is 1.20. The van der Waals surface area contributed by atoms with E-state index in [1.165, 1.54) is 36.9 Å². The Bertz CT molecular complexity index is 1970. The van der Waals surface area contributed by atoms with Gasteiger partial charge in [-0.2, -0.15) is 0 Å². The van der Waals surface area contributed by atoms with Crippen LogP contribution in [0, 0.1) is 95.7 Å². The highest BCUT2D eigenvalue weighted by molar-refractivity contribution is 5.77. The number of methoxy groups -OCH3 is 1. The zero-order chi connectivity index (χ0) is 39.1. The molecule has 8 rings (SSSR count). The molecule has 0 radical (unpaired) electrons. The van der Waals surface area contributed by atoms with Crippen LogP contribution in [0.1, 0.15) is 90.2 Å². The molecule has 1 spiro atoms. The minimum atomic E-state index is -0.506. The van der Waals surface area contributed by atoms with Crippen LogP contribution >= 0.6 is 0 Å². The fourth-order valence-electron chi connectivity index (χ4n) is 12.3. The van der Waals surface area contributed by atoms with Crippen LogP contribution in [0.5, 0.6) is 0 Å². The fourth-order valence-corrected chi connectivity index (χ4v) is 12.3. The summed E-state index contributed by atoms with van der Waals surface area (Å²) in [6, 6.07) is 12.5. The fraction of sp³-hybridized carbons (Fsp3) is 0.578. The molecule has 0 amide bonds. The van der Waals surface area contributed by atoms with Gasteiger partial charge in [0.1, 0.15) is 13.2 Å². The predicted molar refractivity (Wildman–Crippen MR) is 207 cm³/mol. The number of allylic oxidation sites excluding steroid dienone is 2. The lowest BCUT2D eigenvalue weighted by molar-refractivity contribution is -0.385. The summed E-state index contributed by atoms with van der Waals surface area (Å²) in [5, 5.41) is 22.2. The van der Waals surface area contributed by atoms with E-state index in [0.717, 1.165) is 51.4 Å². The van der Waals surface area contributed by atoms with E-state index in [1.54, 1.807) is 24.3 Å². The molecule has 2 bridgehead atoms. The molecular weight excluding hydrogens is 697 g/mol. The number of hydrogen-bond acceptors (Lipinski definition) is 8. The molecular formula is C45H52N2O8. The average molecular weight is 749 g/mol. The van der Waals surface area contributed by atoms with Gasteiger partial charge in [-0.05, 0) is 117 Å². The van der Waals surface area contributed by atoms with Crippen LogP contribution in [0.15, 0.2) is 60.2 Å². The second kappa shape index (κ2) is 15.2. The summed E-state index contributed by atoms with van der Waals surface area (Å²) in [7, 11) is 1.53. The van der Waals surface area contributed by atoms with Gasteiger partial charge in [-0.25, -0.2) is 0 Å². The highest BCUT2D eigenvalue weighted by Gasteiger charge is 2.71. The van der Waals surface area contributed by atoms with E-state index >= 15 is 0 Å². The van der Waals surface area contributed by atoms with Gasteiger partial charge in [-0.15, -0.1) is 0 Å². The summed E-state index contributed by atoms with van der Waals surface area (Å²) < 4.78 is 19.1. The summed E-state index contributed by atoms with van der Waals surface area (Å²) in [6.07, 6.45) is 10.3. The number of benzene rings is 2. The SMILES string of the molecule is COC(=O)C1(C)CCC[C@]2(C)[C@H]3C[C@H]4C(C(C)C)=C[C@]3(CC[C@@H]12)[C@H]1[C@@H]4[C@@H](OCC#Cc2ccc([N+](=O)[O-])cc2)CC[C@@H]1OCC#Cc1ccc([N+](=O)[O-])cc1. The molecule has 10 atom stereocenters. The molecule has 0 aliphatic heterocycles. The first-order valence-electron chi connectivity index (χ1n) is 19.8. The Labute approximate surface area is 324 Å². The summed E-state index contributed by atoms with van der Waals surface area (Å²) in [5.41, 5.74) is 2.34. The van der Waals surface area contributed by atoms with Crippen molar-refractivity contribution in [3.63, 3.8) is 0 Å². The third-order valence-corrected chi connectivity index (χ3v) is 14.4. The van der Waals surface area contributed by atoms with E-state index in [4.69, 9.17) is 14.2 Å². The molecule has 55 heavy (non-hydrogen) atoms. The van der Waals surface area contributed by atoms with Crippen LogP contribution in [0.3, 0.4) is 0 Å². The van der Waals surface area contributed by atoms with Gasteiger partial charge >= 0.3 is 5.97 Å². The molecule has 290 valence electrons. The number of ether oxygens (including phenoxy) is 3. The maximum absolute atomic E-state index is 13.5. The van der Waals surface area contributed by atoms with Crippen LogP contribution in [0.4, 0.5) is 11.4 Å². The van der Waals surface area contributed by atoms with Crippen molar-refractivity contribution in [2.45, 2.75) is 91.3 Å². The first kappa shape index (κ1) is 38.8. The van der Waals surface area contributed by atoms with Crippen molar-refractivity contribution in [1.82, 2.24) is 0 Å². The van der Waals surface area contributed by atoms with Gasteiger partial charge in [0.25, 0.3) is 11.4 Å². The summed E-state index contributed by atoms with van der Waals surface area (Å²) in [6.45, 7) is 9.76. The number of fused-ring (bicyclic) bond motifs is 1. The largest absolute Gasteiger partial charge is 0.469 e. The maximum atomic E-state index is 13.5. The van der Waals surface area contributed by atoms with E-state index in [1.807, 2.05) is 0 Å². The number of rotatable bonds is 8. The Morgan fingerprint density at radius 3 is 1.93 bits per heavy atom. The Morgan fingerprint density at radius 1 is 0.818 bits per heavy atom. The van der Waals surface area contributed by atoms with E-state index in [0.29, 0.717) is 28.9 Å².